The predicted octanol–water partition coefficient (Wildman–Crippen LogP) is 4.28. The van der Waals surface area contributed by atoms with Crippen molar-refractivity contribution in [3.05, 3.63) is 83.2 Å². The van der Waals surface area contributed by atoms with E-state index in [2.05, 4.69) is 25.4 Å². The average Bonchev–Trinajstić information content (AvgIpc) is 3.34. The first-order chi connectivity index (χ1) is 20.7. The van der Waals surface area contributed by atoms with Gasteiger partial charge < -0.3 is 15.4 Å². The lowest BCUT2D eigenvalue weighted by atomic mass is 10.1. The third-order valence-electron chi connectivity index (χ3n) is 6.75. The summed E-state index contributed by atoms with van der Waals surface area (Å²) in [6, 6.07) is 13.1. The van der Waals surface area contributed by atoms with Crippen molar-refractivity contribution in [2.45, 2.75) is 71.0 Å². The number of hydrogen-bond donors (Lipinski definition) is 3. The molecule has 11 nitrogen and oxygen atoms in total. The molecule has 0 fully saturated rings. The van der Waals surface area contributed by atoms with Gasteiger partial charge in [-0.3, -0.25) is 14.3 Å². The van der Waals surface area contributed by atoms with Crippen LogP contribution in [0, 0.1) is 20.8 Å². The van der Waals surface area contributed by atoms with E-state index in [0.29, 0.717) is 23.2 Å². The van der Waals surface area contributed by atoms with E-state index in [1.54, 1.807) is 71.3 Å². The number of amides is 1. The van der Waals surface area contributed by atoms with Crippen LogP contribution in [0.5, 0.6) is 0 Å². The van der Waals surface area contributed by atoms with Crippen LogP contribution in [-0.4, -0.2) is 59.8 Å². The summed E-state index contributed by atoms with van der Waals surface area (Å²) in [6.07, 6.45) is 4.25. The van der Waals surface area contributed by atoms with Crippen LogP contribution in [0.2, 0.25) is 0 Å². The maximum Gasteiger partial charge on any atom is 0.326 e. The number of fused-ring (bicyclic) bond motifs is 1. The van der Waals surface area contributed by atoms with Gasteiger partial charge in [-0.1, -0.05) is 23.8 Å². The highest BCUT2D eigenvalue weighted by atomic mass is 32.2. The van der Waals surface area contributed by atoms with E-state index in [9.17, 15) is 18.0 Å². The summed E-state index contributed by atoms with van der Waals surface area (Å²) in [5.74, 6) is -0.441. The summed E-state index contributed by atoms with van der Waals surface area (Å²) in [4.78, 5) is 30.6. The molecule has 0 spiro atoms. The van der Waals surface area contributed by atoms with Crippen LogP contribution in [0.4, 0.5) is 5.82 Å². The zero-order chi connectivity index (χ0) is 32.1. The Kier molecular flexibility index (Phi) is 10.1. The van der Waals surface area contributed by atoms with Gasteiger partial charge in [0.2, 0.25) is 10.0 Å². The molecule has 0 saturated heterocycles. The van der Waals surface area contributed by atoms with E-state index in [4.69, 9.17) is 4.74 Å². The number of ether oxygens (including phenoxy) is 1. The quantitative estimate of drug-likeness (QED) is 0.157. The molecule has 4 rings (SSSR count). The third-order valence-corrected chi connectivity index (χ3v) is 8.53. The van der Waals surface area contributed by atoms with E-state index in [1.165, 1.54) is 0 Å². The van der Waals surface area contributed by atoms with Crippen LogP contribution in [0.1, 0.15) is 54.2 Å². The number of carbonyl (C=O) groups is 2. The van der Waals surface area contributed by atoms with Crippen LogP contribution in [0.25, 0.3) is 10.9 Å². The molecule has 234 valence electrons. The molecule has 0 bridgehead atoms. The highest BCUT2D eigenvalue weighted by Gasteiger charge is 2.32. The molecule has 0 saturated carbocycles. The summed E-state index contributed by atoms with van der Waals surface area (Å²) in [6.45, 7) is 11.5. The number of esters is 1. The highest BCUT2D eigenvalue weighted by Crippen LogP contribution is 2.22. The zero-order valence-corrected chi connectivity index (χ0v) is 26.8. The van der Waals surface area contributed by atoms with Crippen LogP contribution >= 0.6 is 0 Å². The fraction of sp³-hybridized carbons (Fsp3) is 0.375. The minimum atomic E-state index is -4.12. The highest BCUT2D eigenvalue weighted by molar-refractivity contribution is 7.89. The van der Waals surface area contributed by atoms with Gasteiger partial charge in [0.1, 0.15) is 17.5 Å². The largest absolute Gasteiger partial charge is 0.459 e. The smallest absolute Gasteiger partial charge is 0.326 e. The molecular formula is C32H40N6O5S. The lowest BCUT2D eigenvalue weighted by Crippen LogP contribution is -2.50. The Hall–Kier alpha value is -4.29. The number of aromatic nitrogens is 3. The number of aryl methyl sites for hydroxylation is 4. The van der Waals surface area contributed by atoms with Crippen molar-refractivity contribution >= 4 is 38.6 Å². The van der Waals surface area contributed by atoms with Gasteiger partial charge in [-0.25, -0.2) is 13.4 Å². The number of sulfonamides is 1. The zero-order valence-electron chi connectivity index (χ0n) is 26.0. The van der Waals surface area contributed by atoms with Crippen LogP contribution in [-0.2, 0) is 26.1 Å². The lowest BCUT2D eigenvalue weighted by Gasteiger charge is -2.25. The van der Waals surface area contributed by atoms with Gasteiger partial charge >= 0.3 is 5.97 Å². The number of benzene rings is 2. The Morgan fingerprint density at radius 2 is 1.75 bits per heavy atom. The normalized spacial score (nSPS) is 12.6. The van der Waals surface area contributed by atoms with Crippen LogP contribution in [0.15, 0.2) is 65.8 Å². The molecular weight excluding hydrogens is 580 g/mol. The third kappa shape index (κ3) is 8.42. The molecule has 44 heavy (non-hydrogen) atoms. The SMILES string of the molecule is Cc1cc(C)c(S(=O)(=O)N[C@@H](CNC(=O)c2ccc3c(cnn3CCCNc3ccccn3)c2)C(=O)OC(C)(C)C)c(C)c1. The number of nitrogens with one attached hydrogen (secondary N) is 3. The summed E-state index contributed by atoms with van der Waals surface area (Å²) < 4.78 is 36.7. The van der Waals surface area contributed by atoms with Crippen molar-refractivity contribution in [3.8, 4) is 0 Å². The number of rotatable bonds is 12. The molecule has 1 atom stereocenters. The summed E-state index contributed by atoms with van der Waals surface area (Å²) in [5.41, 5.74) is 2.41. The standard InChI is InChI=1S/C32H40N6O5S/c1-21-16-22(2)29(23(3)17-21)44(41,42)37-26(31(40)43-32(4,5)6)20-35-30(39)24-11-12-27-25(18-24)19-36-38(27)15-9-14-34-28-10-7-8-13-33-28/h7-8,10-13,16-19,26,37H,9,14-15,20H2,1-6H3,(H,33,34)(H,35,39)/t26-/m0/s1. The van der Waals surface area contributed by atoms with Crippen molar-refractivity contribution in [1.29, 1.82) is 0 Å². The molecule has 0 aliphatic heterocycles. The van der Waals surface area contributed by atoms with E-state index < -0.39 is 33.5 Å². The molecule has 0 radical (unpaired) electrons. The van der Waals surface area contributed by atoms with Gasteiger partial charge in [0.25, 0.3) is 5.91 Å². The van der Waals surface area contributed by atoms with Gasteiger partial charge in [0.05, 0.1) is 16.6 Å². The van der Waals surface area contributed by atoms with Crippen molar-refractivity contribution in [1.82, 2.24) is 24.8 Å². The first-order valence-corrected chi connectivity index (χ1v) is 15.9. The molecule has 0 aliphatic rings. The van der Waals surface area contributed by atoms with Gasteiger partial charge in [-0.15, -0.1) is 0 Å². The second kappa shape index (κ2) is 13.6. The molecule has 12 heteroatoms. The number of pyridine rings is 1. The molecule has 2 heterocycles. The van der Waals surface area contributed by atoms with Crippen LogP contribution in [0.3, 0.4) is 0 Å². The Labute approximate surface area is 258 Å². The number of carbonyl (C=O) groups excluding carboxylic acids is 2. The molecule has 1 amide bonds. The van der Waals surface area contributed by atoms with E-state index in [1.807, 2.05) is 35.9 Å². The molecule has 0 unspecified atom stereocenters. The van der Waals surface area contributed by atoms with Gasteiger partial charge in [-0.05, 0) is 89.4 Å². The van der Waals surface area contributed by atoms with Crippen LogP contribution < -0.4 is 15.4 Å². The fourth-order valence-electron chi connectivity index (χ4n) is 5.00. The summed E-state index contributed by atoms with van der Waals surface area (Å²) in [7, 11) is -4.12. The summed E-state index contributed by atoms with van der Waals surface area (Å²) in [5, 5.41) is 11.2. The van der Waals surface area contributed by atoms with Gasteiger partial charge in [0, 0.05) is 36.8 Å². The van der Waals surface area contributed by atoms with Gasteiger partial charge in [0.15, 0.2) is 0 Å². The van der Waals surface area contributed by atoms with Crippen molar-refractivity contribution in [2.24, 2.45) is 0 Å². The first kappa shape index (κ1) is 32.6. The number of nitrogens with zero attached hydrogens (tertiary/aromatic N) is 3. The minimum absolute atomic E-state index is 0.0953. The molecule has 0 aliphatic carbocycles. The first-order valence-electron chi connectivity index (χ1n) is 14.5. The molecule has 3 N–H and O–H groups in total. The van der Waals surface area contributed by atoms with E-state index >= 15 is 0 Å². The van der Waals surface area contributed by atoms with Crippen molar-refractivity contribution < 1.29 is 22.7 Å². The van der Waals surface area contributed by atoms with Crippen molar-refractivity contribution in [2.75, 3.05) is 18.4 Å². The number of hydrogen-bond acceptors (Lipinski definition) is 8. The maximum absolute atomic E-state index is 13.4. The Morgan fingerprint density at radius 3 is 2.41 bits per heavy atom. The topological polar surface area (TPSA) is 144 Å². The Morgan fingerprint density at radius 1 is 1.02 bits per heavy atom. The molecule has 2 aromatic heterocycles. The monoisotopic (exact) mass is 620 g/mol. The fourth-order valence-corrected chi connectivity index (χ4v) is 6.64. The Bertz CT molecular complexity index is 1720. The number of anilines is 1. The average molecular weight is 621 g/mol. The predicted molar refractivity (Wildman–Crippen MR) is 170 cm³/mol. The Balaban J connectivity index is 1.44. The van der Waals surface area contributed by atoms with E-state index in [0.717, 1.165) is 35.2 Å². The maximum atomic E-state index is 13.4. The van der Waals surface area contributed by atoms with Gasteiger partial charge in [-0.2, -0.15) is 9.82 Å². The minimum Gasteiger partial charge on any atom is -0.459 e. The lowest BCUT2D eigenvalue weighted by molar-refractivity contribution is -0.156. The molecule has 2 aromatic carbocycles. The van der Waals surface area contributed by atoms with E-state index in [-0.39, 0.29) is 11.4 Å². The molecule has 4 aromatic rings. The second-order valence-electron chi connectivity index (χ2n) is 11.8. The summed E-state index contributed by atoms with van der Waals surface area (Å²) >= 11 is 0. The second-order valence-corrected chi connectivity index (χ2v) is 13.4. The van der Waals surface area contributed by atoms with Crippen molar-refractivity contribution in [3.63, 3.8) is 0 Å².